The fourth-order valence-electron chi connectivity index (χ4n) is 2.12. The van der Waals surface area contributed by atoms with E-state index in [-0.39, 0.29) is 11.1 Å². The van der Waals surface area contributed by atoms with Gasteiger partial charge in [0.1, 0.15) is 11.6 Å². The number of anilines is 2. The zero-order chi connectivity index (χ0) is 16.9. The van der Waals surface area contributed by atoms with Gasteiger partial charge in [0, 0.05) is 5.25 Å². The third-order valence-electron chi connectivity index (χ3n) is 3.37. The predicted molar refractivity (Wildman–Crippen MR) is 96.9 cm³/mol. The van der Waals surface area contributed by atoms with E-state index in [0.717, 1.165) is 21.3 Å². The second-order valence-corrected chi connectivity index (χ2v) is 7.58. The molecule has 1 heterocycles. The van der Waals surface area contributed by atoms with E-state index in [9.17, 15) is 4.39 Å². The SMILES string of the molecule is COc1ccccc1Nc1nnc(SC(C)c2ccc(F)cc2)s1. The molecule has 1 atom stereocenters. The molecule has 2 aromatic carbocycles. The number of ether oxygens (including phenoxy) is 1. The number of thioether (sulfide) groups is 1. The highest BCUT2D eigenvalue weighted by Crippen LogP contribution is 2.38. The van der Waals surface area contributed by atoms with E-state index in [1.54, 1.807) is 31.0 Å². The minimum absolute atomic E-state index is 0.165. The number of nitrogens with zero attached hydrogens (tertiary/aromatic N) is 2. The lowest BCUT2D eigenvalue weighted by Crippen LogP contribution is -1.93. The van der Waals surface area contributed by atoms with Crippen LogP contribution in [-0.4, -0.2) is 17.3 Å². The van der Waals surface area contributed by atoms with Crippen molar-refractivity contribution in [2.45, 2.75) is 16.5 Å². The maximum absolute atomic E-state index is 13.0. The molecule has 7 heteroatoms. The van der Waals surface area contributed by atoms with E-state index in [1.165, 1.54) is 23.5 Å². The van der Waals surface area contributed by atoms with Crippen molar-refractivity contribution in [2.75, 3.05) is 12.4 Å². The van der Waals surface area contributed by atoms with Crippen molar-refractivity contribution in [1.29, 1.82) is 0 Å². The van der Waals surface area contributed by atoms with Gasteiger partial charge in [-0.1, -0.05) is 47.4 Å². The summed E-state index contributed by atoms with van der Waals surface area (Å²) in [7, 11) is 1.63. The Morgan fingerprint density at radius 3 is 2.62 bits per heavy atom. The first kappa shape index (κ1) is 16.7. The molecule has 3 rings (SSSR count). The average molecular weight is 361 g/mol. The lowest BCUT2D eigenvalue weighted by atomic mass is 10.2. The van der Waals surface area contributed by atoms with Crippen LogP contribution in [0.25, 0.3) is 0 Å². The second kappa shape index (κ2) is 7.63. The van der Waals surface area contributed by atoms with Crippen molar-refractivity contribution >= 4 is 33.9 Å². The van der Waals surface area contributed by atoms with Gasteiger partial charge in [-0.25, -0.2) is 4.39 Å². The van der Waals surface area contributed by atoms with Gasteiger partial charge < -0.3 is 10.1 Å². The molecule has 4 nitrogen and oxygen atoms in total. The molecule has 0 aliphatic carbocycles. The summed E-state index contributed by atoms with van der Waals surface area (Å²) < 4.78 is 19.2. The van der Waals surface area contributed by atoms with Crippen LogP contribution in [0.5, 0.6) is 5.75 Å². The van der Waals surface area contributed by atoms with Crippen LogP contribution in [0.15, 0.2) is 52.9 Å². The fraction of sp³-hybridized carbons (Fsp3) is 0.176. The van der Waals surface area contributed by atoms with E-state index in [2.05, 4.69) is 22.4 Å². The van der Waals surface area contributed by atoms with Gasteiger partial charge in [0.25, 0.3) is 0 Å². The molecule has 1 N–H and O–H groups in total. The summed E-state index contributed by atoms with van der Waals surface area (Å²) in [4.78, 5) is 0. The van der Waals surface area contributed by atoms with Gasteiger partial charge in [0.15, 0.2) is 4.34 Å². The Hall–Kier alpha value is -2.12. The van der Waals surface area contributed by atoms with Crippen LogP contribution in [0, 0.1) is 5.82 Å². The van der Waals surface area contributed by atoms with Gasteiger partial charge in [-0.2, -0.15) is 0 Å². The zero-order valence-corrected chi connectivity index (χ0v) is 14.8. The van der Waals surface area contributed by atoms with Gasteiger partial charge in [-0.15, -0.1) is 10.2 Å². The maximum Gasteiger partial charge on any atom is 0.210 e. The highest BCUT2D eigenvalue weighted by atomic mass is 32.2. The number of halogens is 1. The van der Waals surface area contributed by atoms with Crippen LogP contribution < -0.4 is 10.1 Å². The van der Waals surface area contributed by atoms with Crippen molar-refractivity contribution < 1.29 is 9.13 Å². The Bertz CT molecular complexity index is 808. The highest BCUT2D eigenvalue weighted by Gasteiger charge is 2.13. The minimum atomic E-state index is -0.227. The molecule has 124 valence electrons. The van der Waals surface area contributed by atoms with Gasteiger partial charge >= 0.3 is 0 Å². The fourth-order valence-corrected chi connectivity index (χ4v) is 4.16. The molecular formula is C17H16FN3OS2. The molecule has 0 aliphatic heterocycles. The molecule has 1 unspecified atom stereocenters. The van der Waals surface area contributed by atoms with Crippen LogP contribution >= 0.6 is 23.1 Å². The molecule has 0 saturated heterocycles. The van der Waals surface area contributed by atoms with Crippen molar-refractivity contribution in [3.63, 3.8) is 0 Å². The molecule has 0 bridgehead atoms. The Balaban J connectivity index is 1.68. The predicted octanol–water partition coefficient (Wildman–Crippen LogP) is 5.28. The summed E-state index contributed by atoms with van der Waals surface area (Å²) in [6.07, 6.45) is 0. The molecule has 1 aromatic heterocycles. The van der Waals surface area contributed by atoms with Gasteiger partial charge in [0.05, 0.1) is 12.8 Å². The topological polar surface area (TPSA) is 47.0 Å². The van der Waals surface area contributed by atoms with Crippen LogP contribution in [0.3, 0.4) is 0 Å². The third-order valence-corrected chi connectivity index (χ3v) is 5.45. The van der Waals surface area contributed by atoms with Gasteiger partial charge in [0.2, 0.25) is 5.13 Å². The van der Waals surface area contributed by atoms with Crippen LogP contribution in [0.1, 0.15) is 17.7 Å². The quantitative estimate of drug-likeness (QED) is 0.605. The first-order chi connectivity index (χ1) is 11.7. The normalized spacial score (nSPS) is 12.0. The smallest absolute Gasteiger partial charge is 0.210 e. The summed E-state index contributed by atoms with van der Waals surface area (Å²) in [5, 5.41) is 12.5. The third kappa shape index (κ3) is 4.04. The minimum Gasteiger partial charge on any atom is -0.495 e. The van der Waals surface area contributed by atoms with Gasteiger partial charge in [-0.3, -0.25) is 0 Å². The van der Waals surface area contributed by atoms with Crippen molar-refractivity contribution in [3.05, 3.63) is 59.9 Å². The van der Waals surface area contributed by atoms with Crippen LogP contribution in [-0.2, 0) is 0 Å². The number of rotatable bonds is 6. The lowest BCUT2D eigenvalue weighted by molar-refractivity contribution is 0.417. The molecular weight excluding hydrogens is 345 g/mol. The molecule has 0 fully saturated rings. The molecule has 0 radical (unpaired) electrons. The molecule has 0 amide bonds. The summed E-state index contributed by atoms with van der Waals surface area (Å²) in [6, 6.07) is 14.2. The van der Waals surface area contributed by atoms with Gasteiger partial charge in [-0.05, 0) is 36.8 Å². The number of benzene rings is 2. The summed E-state index contributed by atoms with van der Waals surface area (Å²) >= 11 is 3.07. The molecule has 0 saturated carbocycles. The van der Waals surface area contributed by atoms with E-state index >= 15 is 0 Å². The zero-order valence-electron chi connectivity index (χ0n) is 13.2. The molecule has 24 heavy (non-hydrogen) atoms. The van der Waals surface area contributed by atoms with E-state index in [0.29, 0.717) is 5.13 Å². The van der Waals surface area contributed by atoms with Crippen molar-refractivity contribution in [2.24, 2.45) is 0 Å². The lowest BCUT2D eigenvalue weighted by Gasteiger charge is -2.09. The monoisotopic (exact) mass is 361 g/mol. The summed E-state index contributed by atoms with van der Waals surface area (Å²) in [5.74, 6) is 0.525. The molecule has 0 aliphatic rings. The van der Waals surface area contributed by atoms with Crippen LogP contribution in [0.2, 0.25) is 0 Å². The maximum atomic E-state index is 13.0. The number of aromatic nitrogens is 2. The number of hydrogen-bond donors (Lipinski definition) is 1. The number of para-hydroxylation sites is 2. The van der Waals surface area contributed by atoms with Crippen molar-refractivity contribution in [1.82, 2.24) is 10.2 Å². The van der Waals surface area contributed by atoms with E-state index < -0.39 is 0 Å². The van der Waals surface area contributed by atoms with Crippen molar-refractivity contribution in [3.8, 4) is 5.75 Å². The Labute approximate surface area is 148 Å². The largest absolute Gasteiger partial charge is 0.495 e. The summed E-state index contributed by atoms with van der Waals surface area (Å²) in [6.45, 7) is 2.06. The number of hydrogen-bond acceptors (Lipinski definition) is 6. The molecule has 3 aromatic rings. The Morgan fingerprint density at radius 1 is 1.12 bits per heavy atom. The summed E-state index contributed by atoms with van der Waals surface area (Å²) in [5.41, 5.74) is 1.90. The second-order valence-electron chi connectivity index (χ2n) is 5.01. The standard InChI is InChI=1S/C17H16FN3OS2/c1-11(12-7-9-13(18)10-8-12)23-17-21-20-16(24-17)19-14-5-3-4-6-15(14)22-2/h3-11H,1-2H3,(H,19,20). The molecule has 0 spiro atoms. The Morgan fingerprint density at radius 2 is 1.88 bits per heavy atom. The average Bonchev–Trinajstić information content (AvgIpc) is 3.03. The van der Waals surface area contributed by atoms with Crippen LogP contribution in [0.4, 0.5) is 15.2 Å². The number of nitrogens with one attached hydrogen (secondary N) is 1. The first-order valence-electron chi connectivity index (χ1n) is 7.31. The van der Waals surface area contributed by atoms with E-state index in [4.69, 9.17) is 4.74 Å². The Kier molecular flexibility index (Phi) is 5.32. The highest BCUT2D eigenvalue weighted by molar-refractivity contribution is 8.01. The van der Waals surface area contributed by atoms with E-state index in [1.807, 2.05) is 24.3 Å². The number of methoxy groups -OCH3 is 1. The first-order valence-corrected chi connectivity index (χ1v) is 9.01.